The van der Waals surface area contributed by atoms with Crippen LogP contribution in [-0.4, -0.2) is 16.6 Å². The molecular weight excluding hydrogens is 356 g/mol. The van der Waals surface area contributed by atoms with E-state index in [1.807, 2.05) is 31.2 Å². The van der Waals surface area contributed by atoms with Gasteiger partial charge in [-0.15, -0.1) is 0 Å². The highest BCUT2D eigenvalue weighted by Crippen LogP contribution is 2.45. The van der Waals surface area contributed by atoms with Crippen LogP contribution >= 0.6 is 0 Å². The monoisotopic (exact) mass is 376 g/mol. The Balaban J connectivity index is 1.92. The van der Waals surface area contributed by atoms with Crippen molar-refractivity contribution in [3.63, 3.8) is 0 Å². The van der Waals surface area contributed by atoms with Gasteiger partial charge in [-0.3, -0.25) is 24.6 Å². The maximum absolute atomic E-state index is 13.2. The molecule has 0 N–H and O–H groups in total. The number of benzene rings is 2. The van der Waals surface area contributed by atoms with Gasteiger partial charge >= 0.3 is 0 Å². The summed E-state index contributed by atoms with van der Waals surface area (Å²) in [4.78, 5) is 38.5. The number of nitrogens with zero attached hydrogens (tertiary/aromatic N) is 2. The van der Waals surface area contributed by atoms with E-state index in [1.54, 1.807) is 18.2 Å². The van der Waals surface area contributed by atoms with E-state index in [2.05, 4.69) is 0 Å². The van der Waals surface area contributed by atoms with Crippen molar-refractivity contribution < 1.29 is 14.5 Å². The van der Waals surface area contributed by atoms with E-state index in [4.69, 9.17) is 0 Å². The van der Waals surface area contributed by atoms with Crippen LogP contribution in [0.15, 0.2) is 59.8 Å². The molecule has 0 fully saturated rings. The molecular formula is C22H20N2O4. The number of para-hydroxylation sites is 2. The van der Waals surface area contributed by atoms with Crippen LogP contribution in [-0.2, 0) is 9.59 Å². The molecule has 0 radical (unpaired) electrons. The molecule has 0 saturated heterocycles. The third-order valence-corrected chi connectivity index (χ3v) is 5.56. The number of ketones is 1. The van der Waals surface area contributed by atoms with Gasteiger partial charge in [0.2, 0.25) is 5.91 Å². The van der Waals surface area contributed by atoms with Crippen LogP contribution in [0, 0.1) is 17.0 Å². The Bertz CT molecular complexity index is 1020. The minimum atomic E-state index is -0.485. The Kier molecular flexibility index (Phi) is 4.55. The molecule has 142 valence electrons. The Morgan fingerprint density at radius 2 is 1.75 bits per heavy atom. The normalized spacial score (nSPS) is 19.6. The van der Waals surface area contributed by atoms with Gasteiger partial charge in [0.25, 0.3) is 5.69 Å². The first-order chi connectivity index (χ1) is 13.5. The lowest BCUT2D eigenvalue weighted by atomic mass is 9.76. The lowest BCUT2D eigenvalue weighted by molar-refractivity contribution is -0.384. The molecule has 0 spiro atoms. The molecule has 0 aromatic heterocycles. The highest BCUT2D eigenvalue weighted by atomic mass is 16.6. The maximum atomic E-state index is 13.2. The SMILES string of the molecule is Cc1ccccc1C1CC(=O)N(c2ccccc2[N+](=O)[O-])C2=C1C(=O)CCC2. The van der Waals surface area contributed by atoms with Crippen molar-refractivity contribution in [2.75, 3.05) is 4.90 Å². The minimum Gasteiger partial charge on any atom is -0.294 e. The van der Waals surface area contributed by atoms with Gasteiger partial charge in [0.1, 0.15) is 5.69 Å². The summed E-state index contributed by atoms with van der Waals surface area (Å²) >= 11 is 0. The first kappa shape index (κ1) is 18.1. The number of nitro benzene ring substituents is 1. The van der Waals surface area contributed by atoms with E-state index in [1.165, 1.54) is 11.0 Å². The molecule has 4 rings (SSSR count). The zero-order chi connectivity index (χ0) is 19.8. The van der Waals surface area contributed by atoms with Crippen molar-refractivity contribution in [3.05, 3.63) is 81.0 Å². The van der Waals surface area contributed by atoms with Crippen LogP contribution in [0.1, 0.15) is 42.7 Å². The van der Waals surface area contributed by atoms with E-state index in [0.29, 0.717) is 30.5 Å². The summed E-state index contributed by atoms with van der Waals surface area (Å²) in [5.41, 5.74) is 3.37. The number of Topliss-reactive ketones (excluding diaryl/α,β-unsaturated/α-hetero) is 1. The van der Waals surface area contributed by atoms with Gasteiger partial charge in [0.05, 0.1) is 4.92 Å². The third-order valence-electron chi connectivity index (χ3n) is 5.56. The molecule has 2 aromatic rings. The second-order valence-corrected chi connectivity index (χ2v) is 7.23. The van der Waals surface area contributed by atoms with Crippen molar-refractivity contribution in [1.29, 1.82) is 0 Å². The van der Waals surface area contributed by atoms with Gasteiger partial charge in [-0.05, 0) is 37.0 Å². The van der Waals surface area contributed by atoms with Crippen molar-refractivity contribution in [2.24, 2.45) is 0 Å². The summed E-state index contributed by atoms with van der Waals surface area (Å²) in [5, 5.41) is 11.5. The fourth-order valence-electron chi connectivity index (χ4n) is 4.32. The van der Waals surface area contributed by atoms with Gasteiger partial charge in [-0.2, -0.15) is 0 Å². The summed E-state index contributed by atoms with van der Waals surface area (Å²) in [7, 11) is 0. The highest BCUT2D eigenvalue weighted by molar-refractivity contribution is 6.08. The summed E-state index contributed by atoms with van der Waals surface area (Å²) in [6.07, 6.45) is 1.77. The summed E-state index contributed by atoms with van der Waals surface area (Å²) in [5.74, 6) is -0.475. The predicted molar refractivity (Wildman–Crippen MR) is 105 cm³/mol. The first-order valence-electron chi connectivity index (χ1n) is 9.37. The Morgan fingerprint density at radius 1 is 1.04 bits per heavy atom. The average molecular weight is 376 g/mol. The van der Waals surface area contributed by atoms with Crippen LogP contribution in [0.2, 0.25) is 0 Å². The summed E-state index contributed by atoms with van der Waals surface area (Å²) < 4.78 is 0. The second-order valence-electron chi connectivity index (χ2n) is 7.23. The van der Waals surface area contributed by atoms with E-state index < -0.39 is 4.92 Å². The molecule has 1 amide bonds. The van der Waals surface area contributed by atoms with E-state index >= 15 is 0 Å². The smallest absolute Gasteiger partial charge is 0.293 e. The Hall–Kier alpha value is -3.28. The molecule has 28 heavy (non-hydrogen) atoms. The topological polar surface area (TPSA) is 80.5 Å². The van der Waals surface area contributed by atoms with Gasteiger partial charge < -0.3 is 0 Å². The fourth-order valence-corrected chi connectivity index (χ4v) is 4.32. The molecule has 1 heterocycles. The predicted octanol–water partition coefficient (Wildman–Crippen LogP) is 4.43. The van der Waals surface area contributed by atoms with E-state index in [-0.39, 0.29) is 35.4 Å². The standard InChI is InChI=1S/C22H20N2O4/c1-14-7-2-3-8-15(14)16-13-21(26)23(19-11-6-12-20(25)22(16)19)17-9-4-5-10-18(17)24(27)28/h2-5,7-10,16H,6,11-13H2,1H3. The quantitative estimate of drug-likeness (QED) is 0.586. The largest absolute Gasteiger partial charge is 0.294 e. The average Bonchev–Trinajstić information content (AvgIpc) is 2.68. The van der Waals surface area contributed by atoms with Crippen LogP contribution in [0.4, 0.5) is 11.4 Å². The zero-order valence-electron chi connectivity index (χ0n) is 15.6. The Morgan fingerprint density at radius 3 is 2.50 bits per heavy atom. The molecule has 2 aliphatic rings. The number of nitro groups is 1. The summed E-state index contributed by atoms with van der Waals surface area (Å²) in [6, 6.07) is 14.0. The van der Waals surface area contributed by atoms with Crippen molar-refractivity contribution >= 4 is 23.1 Å². The van der Waals surface area contributed by atoms with Gasteiger partial charge in [-0.1, -0.05) is 36.4 Å². The van der Waals surface area contributed by atoms with E-state index in [9.17, 15) is 19.7 Å². The number of allylic oxidation sites excluding steroid dienone is 2. The number of hydrogen-bond acceptors (Lipinski definition) is 4. The lowest BCUT2D eigenvalue weighted by Gasteiger charge is -2.38. The number of aryl methyl sites for hydroxylation is 1. The van der Waals surface area contributed by atoms with E-state index in [0.717, 1.165) is 11.1 Å². The van der Waals surface area contributed by atoms with Crippen molar-refractivity contribution in [1.82, 2.24) is 0 Å². The fraction of sp³-hybridized carbons (Fsp3) is 0.273. The number of hydrogen-bond donors (Lipinski definition) is 0. The third kappa shape index (κ3) is 2.91. The molecule has 1 atom stereocenters. The minimum absolute atomic E-state index is 0.0330. The Labute approximate surface area is 162 Å². The molecule has 0 saturated carbocycles. The number of rotatable bonds is 3. The zero-order valence-corrected chi connectivity index (χ0v) is 15.6. The van der Waals surface area contributed by atoms with Gasteiger partial charge in [0, 0.05) is 36.1 Å². The number of amides is 1. The highest BCUT2D eigenvalue weighted by Gasteiger charge is 2.41. The second kappa shape index (κ2) is 7.03. The van der Waals surface area contributed by atoms with Crippen LogP contribution < -0.4 is 4.90 Å². The van der Waals surface area contributed by atoms with Crippen LogP contribution in [0.5, 0.6) is 0 Å². The molecule has 1 aliphatic carbocycles. The van der Waals surface area contributed by atoms with Crippen LogP contribution in [0.3, 0.4) is 0 Å². The van der Waals surface area contributed by atoms with Crippen molar-refractivity contribution in [3.8, 4) is 0 Å². The molecule has 1 aliphatic heterocycles. The first-order valence-corrected chi connectivity index (χ1v) is 9.37. The molecule has 6 heteroatoms. The van der Waals surface area contributed by atoms with Gasteiger partial charge in [-0.25, -0.2) is 0 Å². The number of anilines is 1. The summed E-state index contributed by atoms with van der Waals surface area (Å²) in [6.45, 7) is 1.97. The number of carbonyl (C=O) groups excluding carboxylic acids is 2. The number of carbonyl (C=O) groups is 2. The molecule has 0 bridgehead atoms. The molecule has 1 unspecified atom stereocenters. The molecule has 6 nitrogen and oxygen atoms in total. The lowest BCUT2D eigenvalue weighted by Crippen LogP contribution is -2.41. The molecule has 2 aromatic carbocycles. The van der Waals surface area contributed by atoms with Crippen LogP contribution in [0.25, 0.3) is 0 Å². The van der Waals surface area contributed by atoms with Gasteiger partial charge in [0.15, 0.2) is 5.78 Å². The van der Waals surface area contributed by atoms with Crippen molar-refractivity contribution in [2.45, 2.75) is 38.5 Å². The maximum Gasteiger partial charge on any atom is 0.293 e.